The van der Waals surface area contributed by atoms with Crippen LogP contribution < -0.4 is 5.32 Å². The zero-order valence-corrected chi connectivity index (χ0v) is 15.1. The fourth-order valence-electron chi connectivity index (χ4n) is 3.11. The largest absolute Gasteiger partial charge is 0.416 e. The molecule has 0 amide bonds. The Balaban J connectivity index is 0.00000192. The van der Waals surface area contributed by atoms with E-state index in [1.165, 1.54) is 18.9 Å². The summed E-state index contributed by atoms with van der Waals surface area (Å²) in [5.74, 6) is 0.668. The van der Waals surface area contributed by atoms with Gasteiger partial charge in [-0.05, 0) is 36.1 Å². The highest BCUT2D eigenvalue weighted by Gasteiger charge is 2.35. The number of alkyl halides is 3. The van der Waals surface area contributed by atoms with E-state index in [0.29, 0.717) is 5.92 Å². The van der Waals surface area contributed by atoms with Crippen molar-refractivity contribution in [2.45, 2.75) is 31.5 Å². The van der Waals surface area contributed by atoms with Gasteiger partial charge in [-0.2, -0.15) is 13.2 Å². The molecule has 7 heteroatoms. The van der Waals surface area contributed by atoms with Crippen LogP contribution in [0.15, 0.2) is 22.7 Å². The second kappa shape index (κ2) is 7.72. The van der Waals surface area contributed by atoms with Crippen LogP contribution in [-0.2, 0) is 6.18 Å². The molecule has 1 aromatic rings. The lowest BCUT2D eigenvalue weighted by Gasteiger charge is -2.36. The van der Waals surface area contributed by atoms with Crippen LogP contribution in [0, 0.1) is 5.92 Å². The van der Waals surface area contributed by atoms with Crippen LogP contribution >= 0.6 is 28.3 Å². The van der Waals surface area contributed by atoms with E-state index in [2.05, 4.69) is 26.1 Å². The Morgan fingerprint density at radius 2 is 1.87 bits per heavy atom. The van der Waals surface area contributed by atoms with E-state index in [4.69, 9.17) is 0 Å². The normalized spacial score (nSPS) is 20.9. The fraction of sp³-hybridized carbons (Fsp3) is 0.625. The van der Waals surface area contributed by atoms with Gasteiger partial charge in [-0.25, -0.2) is 0 Å². The molecule has 0 spiro atoms. The minimum Gasteiger partial charge on any atom is -0.314 e. The second-order valence-electron chi connectivity index (χ2n) is 6.21. The maximum Gasteiger partial charge on any atom is 0.416 e. The van der Waals surface area contributed by atoms with Crippen LogP contribution in [0.1, 0.15) is 36.4 Å². The first-order chi connectivity index (χ1) is 10.4. The summed E-state index contributed by atoms with van der Waals surface area (Å²) in [7, 11) is 0. The molecule has 0 bridgehead atoms. The SMILES string of the molecule is Cl.FC(F)(F)c1ccc(Br)c([C@@H](CC2CC2)N2CCNCC2)c1. The first-order valence-electron chi connectivity index (χ1n) is 7.76. The third kappa shape index (κ3) is 4.84. The van der Waals surface area contributed by atoms with Crippen LogP contribution in [0.3, 0.4) is 0 Å². The predicted octanol–water partition coefficient (Wildman–Crippen LogP) is 4.64. The zero-order valence-electron chi connectivity index (χ0n) is 12.7. The minimum atomic E-state index is -4.29. The second-order valence-corrected chi connectivity index (χ2v) is 7.07. The van der Waals surface area contributed by atoms with Crippen molar-refractivity contribution in [1.82, 2.24) is 10.2 Å². The summed E-state index contributed by atoms with van der Waals surface area (Å²) in [5.41, 5.74) is 0.227. The van der Waals surface area contributed by atoms with Crippen LogP contribution in [0.4, 0.5) is 13.2 Å². The topological polar surface area (TPSA) is 15.3 Å². The van der Waals surface area contributed by atoms with Gasteiger partial charge in [0.1, 0.15) is 0 Å². The van der Waals surface area contributed by atoms with E-state index >= 15 is 0 Å². The average molecular weight is 414 g/mol. The summed E-state index contributed by atoms with van der Waals surface area (Å²) >= 11 is 3.47. The maximum absolute atomic E-state index is 13.0. The molecule has 23 heavy (non-hydrogen) atoms. The van der Waals surface area contributed by atoms with Gasteiger partial charge in [0.15, 0.2) is 0 Å². The van der Waals surface area contributed by atoms with Gasteiger partial charge in [-0.15, -0.1) is 12.4 Å². The maximum atomic E-state index is 13.0. The molecule has 1 saturated carbocycles. The molecule has 130 valence electrons. The predicted molar refractivity (Wildman–Crippen MR) is 90.9 cm³/mol. The molecule has 2 nitrogen and oxygen atoms in total. The average Bonchev–Trinajstić information content (AvgIpc) is 3.29. The number of piperazine rings is 1. The Morgan fingerprint density at radius 1 is 1.22 bits per heavy atom. The first-order valence-corrected chi connectivity index (χ1v) is 8.56. The highest BCUT2D eigenvalue weighted by molar-refractivity contribution is 9.10. The van der Waals surface area contributed by atoms with Crippen molar-refractivity contribution in [3.63, 3.8) is 0 Å². The van der Waals surface area contributed by atoms with Crippen molar-refractivity contribution in [3.05, 3.63) is 33.8 Å². The Bertz CT molecular complexity index is 529. The van der Waals surface area contributed by atoms with Gasteiger partial charge in [-0.1, -0.05) is 28.8 Å². The van der Waals surface area contributed by atoms with Crippen molar-refractivity contribution in [2.75, 3.05) is 26.2 Å². The summed E-state index contributed by atoms with van der Waals surface area (Å²) in [6.45, 7) is 3.58. The number of nitrogens with one attached hydrogen (secondary N) is 1. The zero-order chi connectivity index (χ0) is 15.7. The molecule has 0 radical (unpaired) electrons. The molecule has 1 aliphatic heterocycles. The quantitative estimate of drug-likeness (QED) is 0.774. The Hall–Kier alpha value is -0.300. The van der Waals surface area contributed by atoms with E-state index in [1.807, 2.05) is 0 Å². The molecule has 2 aliphatic rings. The van der Waals surface area contributed by atoms with Crippen molar-refractivity contribution in [1.29, 1.82) is 0 Å². The molecule has 1 heterocycles. The fourth-order valence-corrected chi connectivity index (χ4v) is 3.62. The number of hydrogen-bond acceptors (Lipinski definition) is 2. The number of benzene rings is 1. The lowest BCUT2D eigenvalue weighted by molar-refractivity contribution is -0.137. The van der Waals surface area contributed by atoms with E-state index < -0.39 is 11.7 Å². The smallest absolute Gasteiger partial charge is 0.314 e. The third-order valence-electron chi connectivity index (χ3n) is 4.53. The van der Waals surface area contributed by atoms with E-state index in [9.17, 15) is 13.2 Å². The Labute approximate surface area is 149 Å². The van der Waals surface area contributed by atoms with Gasteiger partial charge in [0.2, 0.25) is 0 Å². The Morgan fingerprint density at radius 3 is 2.43 bits per heavy atom. The standard InChI is InChI=1S/C16H20BrF3N2.ClH/c17-14-4-3-12(16(18,19)20)10-13(14)15(9-11-1-2-11)22-7-5-21-6-8-22;/h3-4,10-11,15,21H,1-2,5-9H2;1H/t15-;/m1./s1. The molecule has 1 aromatic carbocycles. The summed E-state index contributed by atoms with van der Waals surface area (Å²) < 4.78 is 39.9. The van der Waals surface area contributed by atoms with E-state index in [-0.39, 0.29) is 18.4 Å². The molecule has 1 aliphatic carbocycles. The van der Waals surface area contributed by atoms with Crippen LogP contribution in [0.5, 0.6) is 0 Å². The molecule has 0 aromatic heterocycles. The summed E-state index contributed by atoms with van der Waals surface area (Å²) in [6.07, 6.45) is -0.915. The molecular formula is C16H21BrClF3N2. The molecule has 0 unspecified atom stereocenters. The summed E-state index contributed by atoms with van der Waals surface area (Å²) in [5, 5.41) is 3.31. The third-order valence-corrected chi connectivity index (χ3v) is 5.25. The van der Waals surface area contributed by atoms with Crippen LogP contribution in [0.25, 0.3) is 0 Å². The van der Waals surface area contributed by atoms with Gasteiger partial charge in [0, 0.05) is 36.7 Å². The Kier molecular flexibility index (Phi) is 6.39. The van der Waals surface area contributed by atoms with Crippen molar-refractivity contribution in [2.24, 2.45) is 5.92 Å². The molecule has 1 atom stereocenters. The number of halogens is 5. The van der Waals surface area contributed by atoms with E-state index in [0.717, 1.165) is 48.7 Å². The molecule has 2 fully saturated rings. The minimum absolute atomic E-state index is 0. The van der Waals surface area contributed by atoms with Gasteiger partial charge in [-0.3, -0.25) is 4.90 Å². The molecular weight excluding hydrogens is 393 g/mol. The van der Waals surface area contributed by atoms with Gasteiger partial charge in [0.05, 0.1) is 5.56 Å². The van der Waals surface area contributed by atoms with Crippen molar-refractivity contribution < 1.29 is 13.2 Å². The molecule has 1 N–H and O–H groups in total. The summed E-state index contributed by atoms with van der Waals surface area (Å²) in [4.78, 5) is 2.33. The number of hydrogen-bond donors (Lipinski definition) is 1. The first kappa shape index (κ1) is 19.0. The lowest BCUT2D eigenvalue weighted by atomic mass is 9.97. The highest BCUT2D eigenvalue weighted by atomic mass is 79.9. The van der Waals surface area contributed by atoms with E-state index in [1.54, 1.807) is 6.07 Å². The van der Waals surface area contributed by atoms with Crippen LogP contribution in [0.2, 0.25) is 0 Å². The monoisotopic (exact) mass is 412 g/mol. The number of rotatable bonds is 4. The van der Waals surface area contributed by atoms with Gasteiger partial charge >= 0.3 is 6.18 Å². The molecule has 1 saturated heterocycles. The summed E-state index contributed by atoms with van der Waals surface area (Å²) in [6, 6.07) is 4.10. The number of nitrogens with zero attached hydrogens (tertiary/aromatic N) is 1. The van der Waals surface area contributed by atoms with Crippen LogP contribution in [-0.4, -0.2) is 31.1 Å². The van der Waals surface area contributed by atoms with Crippen molar-refractivity contribution in [3.8, 4) is 0 Å². The highest BCUT2D eigenvalue weighted by Crippen LogP contribution is 2.43. The lowest BCUT2D eigenvalue weighted by Crippen LogP contribution is -2.45. The molecule has 3 rings (SSSR count). The van der Waals surface area contributed by atoms with Gasteiger partial charge < -0.3 is 5.32 Å². The van der Waals surface area contributed by atoms with Crippen molar-refractivity contribution >= 4 is 28.3 Å². The van der Waals surface area contributed by atoms with Gasteiger partial charge in [0.25, 0.3) is 0 Å².